The summed E-state index contributed by atoms with van der Waals surface area (Å²) in [6, 6.07) is 6.98. The number of fused-ring (bicyclic) bond motifs is 1. The highest BCUT2D eigenvalue weighted by atomic mass is 32.2. The van der Waals surface area contributed by atoms with Crippen LogP contribution >= 0.6 is 11.8 Å². The Kier molecular flexibility index (Phi) is 3.07. The van der Waals surface area contributed by atoms with E-state index in [1.165, 1.54) is 12.2 Å². The lowest BCUT2D eigenvalue weighted by molar-refractivity contribution is 0.594. The zero-order valence-corrected chi connectivity index (χ0v) is 11.4. The molecule has 96 valence electrons. The van der Waals surface area contributed by atoms with E-state index in [1.54, 1.807) is 18.2 Å². The van der Waals surface area contributed by atoms with Crippen LogP contribution in [0, 0.1) is 5.92 Å². The Morgan fingerprint density at radius 1 is 1.39 bits per heavy atom. The Bertz CT molecular complexity index is 590. The maximum atomic E-state index is 11.9. The number of thioether (sulfide) groups is 1. The normalized spacial score (nSPS) is 27.1. The van der Waals surface area contributed by atoms with Gasteiger partial charge in [0.25, 0.3) is 10.0 Å². The van der Waals surface area contributed by atoms with Gasteiger partial charge in [-0.1, -0.05) is 12.1 Å². The van der Waals surface area contributed by atoms with E-state index < -0.39 is 10.0 Å². The van der Waals surface area contributed by atoms with Crippen molar-refractivity contribution in [2.24, 2.45) is 10.9 Å². The predicted octanol–water partition coefficient (Wildman–Crippen LogP) is 1.48. The van der Waals surface area contributed by atoms with Crippen molar-refractivity contribution >= 4 is 27.6 Å². The predicted molar refractivity (Wildman–Crippen MR) is 73.6 cm³/mol. The van der Waals surface area contributed by atoms with Crippen LogP contribution in [-0.2, 0) is 10.0 Å². The highest BCUT2D eigenvalue weighted by Crippen LogP contribution is 2.25. The van der Waals surface area contributed by atoms with E-state index in [0.29, 0.717) is 28.8 Å². The molecule has 0 radical (unpaired) electrons. The van der Waals surface area contributed by atoms with Crippen molar-refractivity contribution in [3.63, 3.8) is 0 Å². The summed E-state index contributed by atoms with van der Waals surface area (Å²) in [6.07, 6.45) is 1.18. The molecule has 1 unspecified atom stereocenters. The molecule has 1 saturated heterocycles. The first-order valence-corrected chi connectivity index (χ1v) is 8.55. The molecular weight excluding hydrogens is 268 g/mol. The average Bonchev–Trinajstić information content (AvgIpc) is 2.95. The maximum Gasteiger partial charge on any atom is 0.263 e. The second-order valence-electron chi connectivity index (χ2n) is 4.52. The number of aliphatic imine (C=N–C) groups is 1. The third kappa shape index (κ3) is 2.14. The Morgan fingerprint density at radius 3 is 3.00 bits per heavy atom. The van der Waals surface area contributed by atoms with E-state index in [9.17, 15) is 8.42 Å². The molecular formula is C12H14N2O2S2. The quantitative estimate of drug-likeness (QED) is 0.894. The Balaban J connectivity index is 1.88. The van der Waals surface area contributed by atoms with Gasteiger partial charge in [-0.2, -0.15) is 11.8 Å². The number of hydrogen-bond acceptors (Lipinski definition) is 4. The zero-order chi connectivity index (χ0) is 12.6. The molecule has 0 spiro atoms. The third-order valence-electron chi connectivity index (χ3n) is 3.19. The van der Waals surface area contributed by atoms with Crippen LogP contribution in [0.3, 0.4) is 0 Å². The molecule has 1 N–H and O–H groups in total. The van der Waals surface area contributed by atoms with Crippen LogP contribution in [0.4, 0.5) is 0 Å². The van der Waals surface area contributed by atoms with Gasteiger partial charge < -0.3 is 0 Å². The van der Waals surface area contributed by atoms with Gasteiger partial charge in [0.2, 0.25) is 0 Å². The molecule has 1 aromatic carbocycles. The fourth-order valence-electron chi connectivity index (χ4n) is 2.20. The van der Waals surface area contributed by atoms with E-state index in [2.05, 4.69) is 9.71 Å². The van der Waals surface area contributed by atoms with Gasteiger partial charge in [-0.25, -0.2) is 8.42 Å². The first kappa shape index (κ1) is 12.0. The summed E-state index contributed by atoms with van der Waals surface area (Å²) >= 11 is 1.94. The molecule has 18 heavy (non-hydrogen) atoms. The van der Waals surface area contributed by atoms with Crippen LogP contribution in [0.5, 0.6) is 0 Å². The lowest BCUT2D eigenvalue weighted by atomic mass is 10.1. The molecule has 6 heteroatoms. The summed E-state index contributed by atoms with van der Waals surface area (Å²) in [7, 11) is -3.39. The first-order chi connectivity index (χ1) is 8.67. The Morgan fingerprint density at radius 2 is 2.22 bits per heavy atom. The summed E-state index contributed by atoms with van der Waals surface area (Å²) < 4.78 is 26.3. The monoisotopic (exact) mass is 282 g/mol. The number of rotatable bonds is 2. The van der Waals surface area contributed by atoms with E-state index >= 15 is 0 Å². The molecule has 1 atom stereocenters. The number of sulfonamides is 1. The molecule has 0 bridgehead atoms. The Labute approximate surface area is 111 Å². The van der Waals surface area contributed by atoms with Gasteiger partial charge in [-0.05, 0) is 36.0 Å². The lowest BCUT2D eigenvalue weighted by Crippen LogP contribution is -2.23. The van der Waals surface area contributed by atoms with Crippen LogP contribution in [0.2, 0.25) is 0 Å². The molecule has 0 aromatic heterocycles. The molecule has 0 saturated carbocycles. The number of benzene rings is 1. The minimum absolute atomic E-state index is 0.338. The summed E-state index contributed by atoms with van der Waals surface area (Å²) in [5, 5.41) is 0. The summed E-state index contributed by atoms with van der Waals surface area (Å²) in [6.45, 7) is 0.708. The lowest BCUT2D eigenvalue weighted by Gasteiger charge is -2.04. The second kappa shape index (κ2) is 4.59. The van der Waals surface area contributed by atoms with Crippen LogP contribution in [0.1, 0.15) is 12.0 Å². The van der Waals surface area contributed by atoms with Crippen molar-refractivity contribution < 1.29 is 8.42 Å². The van der Waals surface area contributed by atoms with Crippen LogP contribution in [0.25, 0.3) is 0 Å². The maximum absolute atomic E-state index is 11.9. The summed E-state index contributed by atoms with van der Waals surface area (Å²) in [5.74, 6) is 3.41. The van der Waals surface area contributed by atoms with Gasteiger partial charge in [-0.15, -0.1) is 0 Å². The van der Waals surface area contributed by atoms with Gasteiger partial charge in [0.1, 0.15) is 5.84 Å². The molecule has 0 amide bonds. The largest absolute Gasteiger partial charge is 0.267 e. The number of amidine groups is 1. The van der Waals surface area contributed by atoms with Crippen molar-refractivity contribution in [3.8, 4) is 0 Å². The van der Waals surface area contributed by atoms with Crippen LogP contribution in [-0.4, -0.2) is 32.3 Å². The number of hydrogen-bond donors (Lipinski definition) is 1. The molecule has 2 aliphatic heterocycles. The fraction of sp³-hybridized carbons (Fsp3) is 0.417. The van der Waals surface area contributed by atoms with E-state index in [-0.39, 0.29) is 0 Å². The highest BCUT2D eigenvalue weighted by molar-refractivity contribution is 7.99. The summed E-state index contributed by atoms with van der Waals surface area (Å²) in [5.41, 5.74) is 0.697. The first-order valence-electron chi connectivity index (χ1n) is 5.91. The molecule has 1 fully saturated rings. The van der Waals surface area contributed by atoms with Crippen LogP contribution in [0.15, 0.2) is 34.2 Å². The van der Waals surface area contributed by atoms with Crippen molar-refractivity contribution in [2.75, 3.05) is 18.1 Å². The third-order valence-corrected chi connectivity index (χ3v) is 5.82. The van der Waals surface area contributed by atoms with Crippen molar-refractivity contribution in [2.45, 2.75) is 11.3 Å². The molecule has 0 aliphatic carbocycles. The highest BCUT2D eigenvalue weighted by Gasteiger charge is 2.30. The van der Waals surface area contributed by atoms with Gasteiger partial charge in [0, 0.05) is 12.1 Å². The van der Waals surface area contributed by atoms with E-state index in [1.807, 2.05) is 17.8 Å². The smallest absolute Gasteiger partial charge is 0.263 e. The van der Waals surface area contributed by atoms with E-state index in [4.69, 9.17) is 0 Å². The topological polar surface area (TPSA) is 58.5 Å². The fourth-order valence-corrected chi connectivity index (χ4v) is 4.72. The molecule has 2 aliphatic rings. The standard InChI is InChI=1S/C12H14N2O2S2/c15-18(16)11-4-2-1-3-10(11)12(14-18)13-7-9-5-6-17-8-9/h1-4,9H,5-8H2,(H,13,14). The minimum Gasteiger partial charge on any atom is -0.267 e. The second-order valence-corrected chi connectivity index (χ2v) is 7.32. The molecule has 4 nitrogen and oxygen atoms in total. The minimum atomic E-state index is -3.39. The van der Waals surface area contributed by atoms with Gasteiger partial charge in [-0.3, -0.25) is 9.71 Å². The summed E-state index contributed by atoms with van der Waals surface area (Å²) in [4.78, 5) is 4.79. The Hall–Kier alpha value is -1.01. The number of nitrogens with one attached hydrogen (secondary N) is 1. The number of nitrogens with zero attached hydrogens (tertiary/aromatic N) is 1. The molecule has 1 aromatic rings. The van der Waals surface area contributed by atoms with E-state index in [0.717, 1.165) is 5.75 Å². The molecule has 3 rings (SSSR count). The molecule has 2 heterocycles. The van der Waals surface area contributed by atoms with Gasteiger partial charge in [0.05, 0.1) is 4.90 Å². The van der Waals surface area contributed by atoms with Crippen molar-refractivity contribution in [3.05, 3.63) is 29.8 Å². The van der Waals surface area contributed by atoms with Gasteiger partial charge in [0.15, 0.2) is 0 Å². The zero-order valence-electron chi connectivity index (χ0n) is 9.80. The SMILES string of the molecule is O=S1(=O)NC(=NCC2CCSC2)c2ccccc21. The van der Waals surface area contributed by atoms with Crippen molar-refractivity contribution in [1.29, 1.82) is 0 Å². The van der Waals surface area contributed by atoms with Gasteiger partial charge >= 0.3 is 0 Å². The average molecular weight is 282 g/mol. The van der Waals surface area contributed by atoms with Crippen LogP contribution < -0.4 is 4.72 Å². The van der Waals surface area contributed by atoms with Crippen molar-refractivity contribution in [1.82, 2.24) is 4.72 Å².